The molecule has 0 saturated heterocycles. The van der Waals surface area contributed by atoms with Crippen LogP contribution in [0.3, 0.4) is 0 Å². The van der Waals surface area contributed by atoms with Gasteiger partial charge in [-0.25, -0.2) is 0 Å². The van der Waals surface area contributed by atoms with Crippen LogP contribution in [0.25, 0.3) is 0 Å². The molecule has 0 amide bonds. The summed E-state index contributed by atoms with van der Waals surface area (Å²) in [7, 11) is 0. The Labute approximate surface area is 109 Å². The number of rotatable bonds is 3. The van der Waals surface area contributed by atoms with Crippen molar-refractivity contribution in [2.75, 3.05) is 6.61 Å². The van der Waals surface area contributed by atoms with E-state index in [-0.39, 0.29) is 0 Å². The molecule has 1 nitrogen and oxygen atoms in total. The van der Waals surface area contributed by atoms with Gasteiger partial charge in [0, 0.05) is 0 Å². The zero-order valence-electron chi connectivity index (χ0n) is 8.35. The van der Waals surface area contributed by atoms with E-state index in [0.717, 1.165) is 6.61 Å². The minimum atomic E-state index is -2.10. The fraction of sp³-hybridized carbons (Fsp3) is 1.00. The van der Waals surface area contributed by atoms with Crippen LogP contribution in [-0.4, -0.2) is 24.3 Å². The maximum absolute atomic E-state index is 5.86. The van der Waals surface area contributed by atoms with Crippen LogP contribution in [0.1, 0.15) is 39.0 Å². The van der Waals surface area contributed by atoms with E-state index in [9.17, 15) is 0 Å². The van der Waals surface area contributed by atoms with Gasteiger partial charge in [0.2, 0.25) is 0 Å². The van der Waals surface area contributed by atoms with Crippen molar-refractivity contribution < 1.29 is 4.74 Å². The summed E-state index contributed by atoms with van der Waals surface area (Å²) in [5, 5.41) is 0. The van der Waals surface area contributed by atoms with Crippen molar-refractivity contribution in [2.45, 2.75) is 49.1 Å². The van der Waals surface area contributed by atoms with Crippen molar-refractivity contribution in [1.82, 2.24) is 0 Å². The van der Waals surface area contributed by atoms with Crippen molar-refractivity contribution in [3.8, 4) is 0 Å². The molecule has 0 aromatic carbocycles. The normalized spacial score (nSPS) is 31.1. The molecule has 0 heterocycles. The van der Waals surface area contributed by atoms with Crippen LogP contribution in [0.4, 0.5) is 0 Å². The average molecular weight is 509 g/mol. The SMILES string of the molecule is CCO[C@@H]1CCCCC[C@H]1[Te](Br)(Br)Br. The van der Waals surface area contributed by atoms with Crippen molar-refractivity contribution in [3.05, 3.63) is 0 Å². The Bertz CT molecular complexity index is 172. The molecule has 0 radical (unpaired) electrons. The van der Waals surface area contributed by atoms with Gasteiger partial charge in [0.1, 0.15) is 0 Å². The van der Waals surface area contributed by atoms with E-state index in [2.05, 4.69) is 45.2 Å². The van der Waals surface area contributed by atoms with E-state index < -0.39 is 11.6 Å². The molecule has 2 atom stereocenters. The fourth-order valence-electron chi connectivity index (χ4n) is 1.95. The number of halogens is 3. The van der Waals surface area contributed by atoms with Crippen molar-refractivity contribution in [2.24, 2.45) is 0 Å². The van der Waals surface area contributed by atoms with Gasteiger partial charge < -0.3 is 0 Å². The van der Waals surface area contributed by atoms with Gasteiger partial charge in [-0.15, -0.1) is 0 Å². The van der Waals surface area contributed by atoms with Gasteiger partial charge in [0.25, 0.3) is 0 Å². The Balaban J connectivity index is 2.64. The summed E-state index contributed by atoms with van der Waals surface area (Å²) in [6, 6.07) is 0. The Kier molecular flexibility index (Phi) is 6.93. The predicted octanol–water partition coefficient (Wildman–Crippen LogP) is 4.85. The average Bonchev–Trinajstić information content (AvgIpc) is 2.29. The third-order valence-electron chi connectivity index (χ3n) is 2.62. The van der Waals surface area contributed by atoms with E-state index >= 15 is 0 Å². The molecule has 0 aromatic heterocycles. The number of hydrogen-bond acceptors (Lipinski definition) is 1. The molecule has 0 aliphatic heterocycles. The third-order valence-corrected chi connectivity index (χ3v) is 15.8. The van der Waals surface area contributed by atoms with Gasteiger partial charge >= 0.3 is 110 Å². The van der Waals surface area contributed by atoms with Crippen LogP contribution >= 0.6 is 38.3 Å². The summed E-state index contributed by atoms with van der Waals surface area (Å²) in [5.74, 6) is 0. The molecule has 86 valence electrons. The Morgan fingerprint density at radius 1 is 1.14 bits per heavy atom. The minimum absolute atomic E-state index is 0.460. The van der Waals surface area contributed by atoms with E-state index in [4.69, 9.17) is 4.74 Å². The van der Waals surface area contributed by atoms with Crippen LogP contribution in [0.5, 0.6) is 0 Å². The molecule has 0 N–H and O–H groups in total. The second-order valence-electron chi connectivity index (χ2n) is 3.61. The molecule has 1 fully saturated rings. The molecule has 14 heavy (non-hydrogen) atoms. The van der Waals surface area contributed by atoms with Gasteiger partial charge in [-0.1, -0.05) is 0 Å². The van der Waals surface area contributed by atoms with Gasteiger partial charge in [-0.2, -0.15) is 0 Å². The maximum atomic E-state index is 5.86. The standard InChI is InChI=1S/C9H17Br3OTe/c1-2-13-8-6-4-3-5-7-9(8)14(10,11)12/h8-9H,2-7H2,1H3/t8-,9-/m1/s1. The summed E-state index contributed by atoms with van der Waals surface area (Å²) in [6.07, 6.45) is 7.04. The summed E-state index contributed by atoms with van der Waals surface area (Å²) >= 11 is 9.39. The van der Waals surface area contributed by atoms with Crippen molar-refractivity contribution >= 4 is 49.8 Å². The molecule has 5 heteroatoms. The number of hydrogen-bond donors (Lipinski definition) is 0. The molecule has 0 spiro atoms. The first-order valence-electron chi connectivity index (χ1n) is 5.08. The molecule has 1 saturated carbocycles. The Morgan fingerprint density at radius 2 is 1.79 bits per heavy atom. The number of ether oxygens (including phenoxy) is 1. The van der Waals surface area contributed by atoms with E-state index in [0.29, 0.717) is 10.1 Å². The van der Waals surface area contributed by atoms with Crippen LogP contribution < -0.4 is 0 Å². The molecule has 0 bridgehead atoms. The Hall–Kier alpha value is 2.19. The van der Waals surface area contributed by atoms with Crippen LogP contribution in [-0.2, 0) is 4.74 Å². The molecule has 1 aliphatic rings. The third kappa shape index (κ3) is 4.59. The van der Waals surface area contributed by atoms with E-state index in [1.54, 1.807) is 0 Å². The van der Waals surface area contributed by atoms with Crippen LogP contribution in [0, 0.1) is 0 Å². The van der Waals surface area contributed by atoms with Gasteiger partial charge in [0.05, 0.1) is 0 Å². The quantitative estimate of drug-likeness (QED) is 0.391. The molecular formula is C9H17Br3OTe. The van der Waals surface area contributed by atoms with Gasteiger partial charge in [-0.3, -0.25) is 0 Å². The summed E-state index contributed by atoms with van der Waals surface area (Å²) in [5.41, 5.74) is 0. The van der Waals surface area contributed by atoms with Crippen molar-refractivity contribution in [1.29, 1.82) is 0 Å². The molecular weight excluding hydrogens is 491 g/mol. The second kappa shape index (κ2) is 6.81. The first-order chi connectivity index (χ1) is 6.55. The fourth-order valence-corrected chi connectivity index (χ4v) is 13.4. The van der Waals surface area contributed by atoms with Crippen LogP contribution in [0.2, 0.25) is 3.97 Å². The zero-order valence-corrected chi connectivity index (χ0v) is 15.4. The Morgan fingerprint density at radius 3 is 2.36 bits per heavy atom. The summed E-state index contributed by atoms with van der Waals surface area (Å²) in [4.78, 5) is 0. The molecule has 0 aromatic rings. The van der Waals surface area contributed by atoms with E-state index in [1.165, 1.54) is 32.1 Å². The zero-order chi connectivity index (χ0) is 10.6. The van der Waals surface area contributed by atoms with Gasteiger partial charge in [-0.05, 0) is 0 Å². The van der Waals surface area contributed by atoms with E-state index in [1.807, 2.05) is 0 Å². The summed E-state index contributed by atoms with van der Waals surface area (Å²) < 4.78 is 6.55. The summed E-state index contributed by atoms with van der Waals surface area (Å²) in [6.45, 7) is 2.93. The first-order valence-corrected chi connectivity index (χ1v) is 22.1. The second-order valence-corrected chi connectivity index (χ2v) is 45.9. The predicted molar refractivity (Wildman–Crippen MR) is 74.8 cm³/mol. The molecule has 1 aliphatic carbocycles. The monoisotopic (exact) mass is 508 g/mol. The molecule has 0 unspecified atom stereocenters. The van der Waals surface area contributed by atoms with Crippen LogP contribution in [0.15, 0.2) is 0 Å². The molecule has 1 rings (SSSR count). The van der Waals surface area contributed by atoms with Crippen molar-refractivity contribution in [3.63, 3.8) is 0 Å². The first kappa shape index (κ1) is 14.3. The van der Waals surface area contributed by atoms with Gasteiger partial charge in [0.15, 0.2) is 0 Å². The topological polar surface area (TPSA) is 9.23 Å².